The zero-order valence-corrected chi connectivity index (χ0v) is 14.8. The van der Waals surface area contributed by atoms with Crippen LogP contribution in [0.3, 0.4) is 0 Å². The Balaban J connectivity index is 1.51. The summed E-state index contributed by atoms with van der Waals surface area (Å²) in [5, 5.41) is 6.33. The number of ether oxygens (including phenoxy) is 1. The second-order valence-electron chi connectivity index (χ2n) is 6.37. The van der Waals surface area contributed by atoms with Gasteiger partial charge in [0.2, 0.25) is 5.91 Å². The number of amides is 2. The lowest BCUT2D eigenvalue weighted by molar-refractivity contribution is -0.123. The second kappa shape index (κ2) is 7.94. The molecule has 3 rings (SSSR count). The Morgan fingerprint density at radius 3 is 2.88 bits per heavy atom. The van der Waals surface area contributed by atoms with Crippen LogP contribution in [0.5, 0.6) is 0 Å². The molecule has 132 valence electrons. The molecule has 0 saturated heterocycles. The monoisotopic (exact) mass is 352 g/mol. The van der Waals surface area contributed by atoms with Gasteiger partial charge >= 0.3 is 6.09 Å². The molecule has 0 aromatic carbocycles. The number of carbonyl (C=O) groups is 2. The molecular weight excluding hydrogens is 328 g/mol. The van der Waals surface area contributed by atoms with Gasteiger partial charge in [0.05, 0.1) is 19.3 Å². The molecule has 2 N–H and O–H groups in total. The van der Waals surface area contributed by atoms with E-state index in [1.54, 1.807) is 0 Å². The molecule has 2 amide bonds. The number of rotatable bonds is 4. The molecule has 8 heteroatoms. The second-order valence-corrected chi connectivity index (χ2v) is 7.45. The number of aromatic nitrogens is 1. The minimum absolute atomic E-state index is 0.114. The summed E-state index contributed by atoms with van der Waals surface area (Å²) in [7, 11) is 1.33. The normalized spacial score (nSPS) is 18.7. The number of carbonyl (C=O) groups excluding carboxylic acids is 2. The van der Waals surface area contributed by atoms with Gasteiger partial charge in [-0.25, -0.2) is 9.78 Å². The Labute approximate surface area is 145 Å². The lowest BCUT2D eigenvalue weighted by Crippen LogP contribution is -2.44. The van der Waals surface area contributed by atoms with Crippen LogP contribution in [0.25, 0.3) is 0 Å². The van der Waals surface area contributed by atoms with Crippen LogP contribution in [0.2, 0.25) is 0 Å². The van der Waals surface area contributed by atoms with E-state index in [1.165, 1.54) is 37.7 Å². The van der Waals surface area contributed by atoms with E-state index >= 15 is 0 Å². The largest absolute Gasteiger partial charge is 0.453 e. The lowest BCUT2D eigenvalue weighted by Gasteiger charge is -2.27. The Bertz CT molecular complexity index is 598. The first-order valence-electron chi connectivity index (χ1n) is 8.49. The molecule has 24 heavy (non-hydrogen) atoms. The highest BCUT2D eigenvalue weighted by Crippen LogP contribution is 2.28. The number of anilines is 1. The lowest BCUT2D eigenvalue weighted by atomic mass is 9.95. The summed E-state index contributed by atoms with van der Waals surface area (Å²) in [5.41, 5.74) is 1.01. The van der Waals surface area contributed by atoms with Crippen molar-refractivity contribution in [3.05, 3.63) is 10.6 Å². The molecule has 1 fully saturated rings. The van der Waals surface area contributed by atoms with Crippen LogP contribution in [-0.4, -0.2) is 48.1 Å². The predicted molar refractivity (Wildman–Crippen MR) is 92.1 cm³/mol. The van der Waals surface area contributed by atoms with E-state index in [0.29, 0.717) is 24.3 Å². The number of nitrogens with one attached hydrogen (secondary N) is 2. The Morgan fingerprint density at radius 1 is 1.33 bits per heavy atom. The summed E-state index contributed by atoms with van der Waals surface area (Å²) >= 11 is 1.45. The molecule has 2 heterocycles. The number of thiazole rings is 1. The Kier molecular flexibility index (Phi) is 5.68. The van der Waals surface area contributed by atoms with Crippen LogP contribution in [0.15, 0.2) is 0 Å². The van der Waals surface area contributed by atoms with Crippen molar-refractivity contribution in [3.63, 3.8) is 0 Å². The molecule has 7 nitrogen and oxygen atoms in total. The van der Waals surface area contributed by atoms with Crippen molar-refractivity contribution in [2.45, 2.75) is 51.1 Å². The molecule has 1 saturated carbocycles. The van der Waals surface area contributed by atoms with Gasteiger partial charge in [-0.05, 0) is 12.8 Å². The molecule has 2 aliphatic rings. The highest BCUT2D eigenvalue weighted by molar-refractivity contribution is 7.15. The maximum absolute atomic E-state index is 12.2. The molecule has 0 unspecified atom stereocenters. The zero-order valence-electron chi connectivity index (χ0n) is 14.0. The summed E-state index contributed by atoms with van der Waals surface area (Å²) in [6, 6.07) is 0.353. The van der Waals surface area contributed by atoms with Crippen LogP contribution >= 0.6 is 11.3 Å². The van der Waals surface area contributed by atoms with Gasteiger partial charge in [-0.1, -0.05) is 30.6 Å². The van der Waals surface area contributed by atoms with E-state index in [4.69, 9.17) is 0 Å². The molecule has 0 bridgehead atoms. The summed E-state index contributed by atoms with van der Waals surface area (Å²) < 4.78 is 4.59. The van der Waals surface area contributed by atoms with Gasteiger partial charge < -0.3 is 10.1 Å². The van der Waals surface area contributed by atoms with Crippen LogP contribution in [-0.2, 0) is 22.5 Å². The molecule has 1 aromatic rings. The van der Waals surface area contributed by atoms with E-state index in [2.05, 4.69) is 25.3 Å². The van der Waals surface area contributed by atoms with Gasteiger partial charge in [0, 0.05) is 30.4 Å². The minimum Gasteiger partial charge on any atom is -0.453 e. The van der Waals surface area contributed by atoms with E-state index in [1.807, 2.05) is 0 Å². The average molecular weight is 352 g/mol. The minimum atomic E-state index is -0.509. The number of nitrogens with zero attached hydrogens (tertiary/aromatic N) is 2. The summed E-state index contributed by atoms with van der Waals surface area (Å²) in [6.07, 6.45) is 6.22. The fraction of sp³-hybridized carbons (Fsp3) is 0.688. The topological polar surface area (TPSA) is 83.6 Å². The van der Waals surface area contributed by atoms with Crippen molar-refractivity contribution in [1.29, 1.82) is 0 Å². The molecule has 0 atom stereocenters. The van der Waals surface area contributed by atoms with Gasteiger partial charge in [0.25, 0.3) is 0 Å². The first-order valence-corrected chi connectivity index (χ1v) is 9.31. The average Bonchev–Trinajstić information content (AvgIpc) is 2.97. The van der Waals surface area contributed by atoms with Gasteiger partial charge in [-0.2, -0.15) is 0 Å². The maximum Gasteiger partial charge on any atom is 0.413 e. The SMILES string of the molecule is COC(=O)Nc1nc2c(s1)CN(CC(=O)NC1CCCCC1)CC2. The van der Waals surface area contributed by atoms with Gasteiger partial charge in [-0.15, -0.1) is 0 Å². The number of hydrogen-bond acceptors (Lipinski definition) is 6. The standard InChI is InChI=1S/C16H24N4O3S/c1-23-16(22)19-15-18-12-7-8-20(9-13(12)24-15)10-14(21)17-11-5-3-2-4-6-11/h11H,2-10H2,1H3,(H,17,21)(H,18,19,22). The third kappa shape index (κ3) is 4.45. The van der Waals surface area contributed by atoms with Crippen molar-refractivity contribution in [2.24, 2.45) is 0 Å². The predicted octanol–water partition coefficient (Wildman–Crippen LogP) is 2.13. The highest BCUT2D eigenvalue weighted by Gasteiger charge is 2.24. The van der Waals surface area contributed by atoms with Gasteiger partial charge in [0.15, 0.2) is 5.13 Å². The first-order chi connectivity index (χ1) is 11.6. The van der Waals surface area contributed by atoms with Crippen molar-refractivity contribution in [3.8, 4) is 0 Å². The van der Waals surface area contributed by atoms with E-state index < -0.39 is 6.09 Å². The number of methoxy groups -OCH3 is 1. The quantitative estimate of drug-likeness (QED) is 0.867. The number of hydrogen-bond donors (Lipinski definition) is 2. The van der Waals surface area contributed by atoms with Crippen molar-refractivity contribution >= 4 is 28.5 Å². The third-order valence-corrected chi connectivity index (χ3v) is 5.54. The van der Waals surface area contributed by atoms with Crippen molar-refractivity contribution in [1.82, 2.24) is 15.2 Å². The zero-order chi connectivity index (χ0) is 16.9. The van der Waals surface area contributed by atoms with Gasteiger partial charge in [0.1, 0.15) is 0 Å². The third-order valence-electron chi connectivity index (χ3n) is 4.54. The van der Waals surface area contributed by atoms with Crippen LogP contribution in [0, 0.1) is 0 Å². The molecule has 0 radical (unpaired) electrons. The van der Waals surface area contributed by atoms with Crippen molar-refractivity contribution in [2.75, 3.05) is 25.5 Å². The summed E-state index contributed by atoms with van der Waals surface area (Å²) in [4.78, 5) is 31.2. The molecule has 0 spiro atoms. The summed E-state index contributed by atoms with van der Waals surface area (Å²) in [5.74, 6) is 0.114. The van der Waals surface area contributed by atoms with E-state index in [9.17, 15) is 9.59 Å². The highest BCUT2D eigenvalue weighted by atomic mass is 32.1. The van der Waals surface area contributed by atoms with Crippen LogP contribution in [0.4, 0.5) is 9.93 Å². The fourth-order valence-corrected chi connectivity index (χ4v) is 4.33. The van der Waals surface area contributed by atoms with Crippen molar-refractivity contribution < 1.29 is 14.3 Å². The molecule has 1 aliphatic carbocycles. The summed E-state index contributed by atoms with van der Waals surface area (Å²) in [6.45, 7) is 1.94. The molecule has 1 aromatic heterocycles. The first kappa shape index (κ1) is 17.2. The van der Waals surface area contributed by atoms with Gasteiger partial charge in [-0.3, -0.25) is 15.0 Å². The molecular formula is C16H24N4O3S. The van der Waals surface area contributed by atoms with E-state index in [-0.39, 0.29) is 5.91 Å². The van der Waals surface area contributed by atoms with Crippen LogP contribution < -0.4 is 10.6 Å². The Morgan fingerprint density at radius 2 is 2.12 bits per heavy atom. The smallest absolute Gasteiger partial charge is 0.413 e. The van der Waals surface area contributed by atoms with E-state index in [0.717, 1.165) is 36.4 Å². The Hall–Kier alpha value is -1.67. The van der Waals surface area contributed by atoms with Crippen LogP contribution in [0.1, 0.15) is 42.7 Å². The molecule has 1 aliphatic heterocycles. The maximum atomic E-state index is 12.2. The fourth-order valence-electron chi connectivity index (χ4n) is 3.30. The number of fused-ring (bicyclic) bond motifs is 1.